The maximum Gasteiger partial charge on any atom is 0.358 e. The summed E-state index contributed by atoms with van der Waals surface area (Å²) < 4.78 is 6.19. The predicted molar refractivity (Wildman–Crippen MR) is 53.3 cm³/mol. The minimum Gasteiger partial charge on any atom is -0.476 e. The van der Waals surface area contributed by atoms with Crippen molar-refractivity contribution in [1.29, 1.82) is 0 Å². The van der Waals surface area contributed by atoms with Crippen LogP contribution < -0.4 is 5.73 Å². The van der Waals surface area contributed by atoms with Crippen LogP contribution in [0.1, 0.15) is 26.7 Å². The molecule has 0 saturated carbocycles. The molecule has 0 atom stereocenters. The summed E-state index contributed by atoms with van der Waals surface area (Å²) in [5.74, 6) is -1.48. The maximum atomic E-state index is 10.8. The van der Waals surface area contributed by atoms with Crippen molar-refractivity contribution in [2.24, 2.45) is 5.73 Å². The molecule has 2 aromatic rings. The smallest absolute Gasteiger partial charge is 0.358 e. The molecule has 0 aliphatic rings. The molecule has 0 bridgehead atoms. The zero-order valence-corrected chi connectivity index (χ0v) is 8.53. The van der Waals surface area contributed by atoms with Gasteiger partial charge in [-0.2, -0.15) is 5.10 Å². The third-order valence-corrected chi connectivity index (χ3v) is 1.99. The van der Waals surface area contributed by atoms with Crippen molar-refractivity contribution in [3.63, 3.8) is 0 Å². The van der Waals surface area contributed by atoms with Gasteiger partial charge in [0.2, 0.25) is 0 Å². The van der Waals surface area contributed by atoms with E-state index < -0.39 is 11.9 Å². The Morgan fingerprint density at radius 3 is 2.76 bits per heavy atom. The number of carbonyl (C=O) groups excluding carboxylic acids is 1. The highest BCUT2D eigenvalue weighted by Crippen LogP contribution is 2.06. The molecule has 0 aliphatic heterocycles. The highest BCUT2D eigenvalue weighted by Gasteiger charge is 2.12. The van der Waals surface area contributed by atoms with Crippen LogP contribution in [0.15, 0.2) is 22.9 Å². The van der Waals surface area contributed by atoms with Gasteiger partial charge in [-0.3, -0.25) is 9.48 Å². The number of nitrogens with two attached hydrogens (primary N) is 1. The molecule has 2 heterocycles. The van der Waals surface area contributed by atoms with E-state index in [1.807, 2.05) is 0 Å². The summed E-state index contributed by atoms with van der Waals surface area (Å²) in [5, 5.41) is 15.8. The number of carboxylic acids is 1. The number of carboxylic acid groups (broad SMARTS) is 1. The van der Waals surface area contributed by atoms with E-state index in [-0.39, 0.29) is 17.9 Å². The first-order valence-corrected chi connectivity index (χ1v) is 4.58. The molecule has 2 aromatic heterocycles. The van der Waals surface area contributed by atoms with Crippen LogP contribution in [-0.4, -0.2) is 31.9 Å². The molecule has 0 radical (unpaired) electrons. The lowest BCUT2D eigenvalue weighted by molar-refractivity contribution is 0.0685. The van der Waals surface area contributed by atoms with Crippen LogP contribution in [0.25, 0.3) is 0 Å². The minimum absolute atomic E-state index is 0.128. The van der Waals surface area contributed by atoms with Crippen LogP contribution in [-0.2, 0) is 6.54 Å². The van der Waals surface area contributed by atoms with Crippen molar-refractivity contribution in [2.75, 3.05) is 0 Å². The first-order valence-electron chi connectivity index (χ1n) is 4.58. The Balaban J connectivity index is 2.13. The van der Waals surface area contributed by atoms with Gasteiger partial charge in [0.05, 0.1) is 0 Å². The molecule has 3 N–H and O–H groups in total. The number of carbonyl (C=O) groups is 2. The Morgan fingerprint density at radius 2 is 2.24 bits per heavy atom. The van der Waals surface area contributed by atoms with Crippen molar-refractivity contribution < 1.29 is 19.2 Å². The summed E-state index contributed by atoms with van der Waals surface area (Å²) in [7, 11) is 0. The van der Waals surface area contributed by atoms with E-state index in [1.165, 1.54) is 23.0 Å². The van der Waals surface area contributed by atoms with Crippen LogP contribution >= 0.6 is 0 Å². The van der Waals surface area contributed by atoms with Crippen molar-refractivity contribution in [2.45, 2.75) is 6.54 Å². The monoisotopic (exact) mass is 236 g/mol. The fraction of sp³-hybridized carbons (Fsp3) is 0.111. The molecular weight excluding hydrogens is 228 g/mol. The molecular formula is C9H8N4O4. The van der Waals surface area contributed by atoms with Gasteiger partial charge in [0.25, 0.3) is 5.91 Å². The molecule has 1 amide bonds. The van der Waals surface area contributed by atoms with Gasteiger partial charge in [0.1, 0.15) is 12.2 Å². The normalized spacial score (nSPS) is 10.4. The highest BCUT2D eigenvalue weighted by atomic mass is 16.5. The second-order valence-corrected chi connectivity index (χ2v) is 3.25. The number of amides is 1. The lowest BCUT2D eigenvalue weighted by Crippen LogP contribution is -2.12. The first kappa shape index (κ1) is 10.9. The average Bonchev–Trinajstić information content (AvgIpc) is 2.87. The molecule has 0 fully saturated rings. The number of primary amides is 1. The van der Waals surface area contributed by atoms with E-state index in [2.05, 4.69) is 10.3 Å². The Labute approximate surface area is 94.6 Å². The molecule has 8 nitrogen and oxygen atoms in total. The molecule has 17 heavy (non-hydrogen) atoms. The molecule has 0 saturated heterocycles. The van der Waals surface area contributed by atoms with Crippen LogP contribution in [0.3, 0.4) is 0 Å². The summed E-state index contributed by atoms with van der Waals surface area (Å²) >= 11 is 0. The van der Waals surface area contributed by atoms with E-state index in [9.17, 15) is 9.59 Å². The Bertz CT molecular complexity index is 521. The van der Waals surface area contributed by atoms with E-state index >= 15 is 0 Å². The second kappa shape index (κ2) is 4.08. The molecule has 0 spiro atoms. The standard InChI is InChI=1S/C9H8N4O4/c10-8(14)6-1-2-13(11-6)4-5-3-7(9(15)16)12-17-5/h1-3H,4H2,(H2,10,14)(H,15,16). The predicted octanol–water partition coefficient (Wildman–Crippen LogP) is -0.284. The quantitative estimate of drug-likeness (QED) is 0.751. The third kappa shape index (κ3) is 2.30. The van der Waals surface area contributed by atoms with Gasteiger partial charge < -0.3 is 15.4 Å². The number of rotatable bonds is 4. The first-order chi connectivity index (χ1) is 8.06. The minimum atomic E-state index is -1.17. The number of aromatic nitrogens is 3. The number of nitrogens with zero attached hydrogens (tertiary/aromatic N) is 3. The van der Waals surface area contributed by atoms with Gasteiger partial charge in [-0.25, -0.2) is 4.79 Å². The molecule has 2 rings (SSSR count). The summed E-state index contributed by atoms with van der Waals surface area (Å²) in [6.07, 6.45) is 1.53. The van der Waals surface area contributed by atoms with Crippen molar-refractivity contribution in [3.8, 4) is 0 Å². The molecule has 8 heteroatoms. The largest absolute Gasteiger partial charge is 0.476 e. The van der Waals surface area contributed by atoms with Crippen LogP contribution in [0.5, 0.6) is 0 Å². The molecule has 88 valence electrons. The van der Waals surface area contributed by atoms with Crippen molar-refractivity contribution >= 4 is 11.9 Å². The summed E-state index contributed by atoms with van der Waals surface area (Å²) in [5.41, 5.74) is 4.99. The number of aromatic carboxylic acids is 1. The number of hydrogen-bond acceptors (Lipinski definition) is 5. The lowest BCUT2D eigenvalue weighted by atomic mass is 10.3. The Kier molecular flexibility index (Phi) is 2.61. The van der Waals surface area contributed by atoms with Crippen LogP contribution in [0, 0.1) is 0 Å². The van der Waals surface area contributed by atoms with Gasteiger partial charge in [0, 0.05) is 12.3 Å². The fourth-order valence-electron chi connectivity index (χ4n) is 1.23. The van der Waals surface area contributed by atoms with Gasteiger partial charge in [-0.05, 0) is 6.07 Å². The summed E-state index contributed by atoms with van der Waals surface area (Å²) in [4.78, 5) is 21.3. The van der Waals surface area contributed by atoms with E-state index in [1.54, 1.807) is 0 Å². The highest BCUT2D eigenvalue weighted by molar-refractivity contribution is 5.90. The third-order valence-electron chi connectivity index (χ3n) is 1.99. The molecule has 0 unspecified atom stereocenters. The lowest BCUT2D eigenvalue weighted by Gasteiger charge is -1.95. The van der Waals surface area contributed by atoms with Crippen molar-refractivity contribution in [1.82, 2.24) is 14.9 Å². The van der Waals surface area contributed by atoms with E-state index in [0.717, 1.165) is 0 Å². The average molecular weight is 236 g/mol. The van der Waals surface area contributed by atoms with Crippen LogP contribution in [0.4, 0.5) is 0 Å². The van der Waals surface area contributed by atoms with E-state index in [0.29, 0.717) is 5.76 Å². The van der Waals surface area contributed by atoms with Gasteiger partial charge in [-0.15, -0.1) is 0 Å². The van der Waals surface area contributed by atoms with Gasteiger partial charge in [-0.1, -0.05) is 5.16 Å². The maximum absolute atomic E-state index is 10.8. The van der Waals surface area contributed by atoms with Gasteiger partial charge in [0.15, 0.2) is 11.5 Å². The number of hydrogen-bond donors (Lipinski definition) is 2. The Morgan fingerprint density at radius 1 is 1.47 bits per heavy atom. The topological polar surface area (TPSA) is 124 Å². The second-order valence-electron chi connectivity index (χ2n) is 3.25. The van der Waals surface area contributed by atoms with E-state index in [4.69, 9.17) is 15.4 Å². The SMILES string of the molecule is NC(=O)c1ccn(Cc2cc(C(=O)O)no2)n1. The fourth-order valence-corrected chi connectivity index (χ4v) is 1.23. The Hall–Kier alpha value is -2.64. The zero-order chi connectivity index (χ0) is 12.4. The van der Waals surface area contributed by atoms with Crippen LogP contribution in [0.2, 0.25) is 0 Å². The van der Waals surface area contributed by atoms with Gasteiger partial charge >= 0.3 is 5.97 Å². The van der Waals surface area contributed by atoms with Crippen molar-refractivity contribution in [3.05, 3.63) is 35.5 Å². The summed E-state index contributed by atoms with van der Waals surface area (Å²) in [6.45, 7) is 0.174. The molecule has 0 aromatic carbocycles. The molecule has 0 aliphatic carbocycles. The summed E-state index contributed by atoms with van der Waals surface area (Å²) in [6, 6.07) is 2.74. The zero-order valence-electron chi connectivity index (χ0n) is 8.53.